The van der Waals surface area contributed by atoms with Crippen LogP contribution < -0.4 is 5.73 Å². The minimum Gasteiger partial charge on any atom is -0.330 e. The van der Waals surface area contributed by atoms with Crippen molar-refractivity contribution in [2.24, 2.45) is 28.9 Å². The molecule has 1 nitrogen and oxygen atoms in total. The largest absolute Gasteiger partial charge is 0.330 e. The molecule has 1 heteroatoms. The monoisotopic (exact) mass is 167 g/mol. The highest BCUT2D eigenvalue weighted by molar-refractivity contribution is 5.03. The van der Waals surface area contributed by atoms with Crippen LogP contribution >= 0.6 is 0 Å². The van der Waals surface area contributed by atoms with Crippen molar-refractivity contribution < 1.29 is 0 Å². The number of fused-ring (bicyclic) bond motifs is 2. The standard InChI is InChI=1S/C11H21N/c1-11(2)9-4-3-8(5-6-12)10(11)7-9/h8-10H,3-7,12H2,1-2H3. The molecule has 0 amide bonds. The Balaban J connectivity index is 2.01. The molecule has 0 spiro atoms. The maximum atomic E-state index is 5.63. The molecule has 70 valence electrons. The van der Waals surface area contributed by atoms with Gasteiger partial charge in [-0.1, -0.05) is 13.8 Å². The van der Waals surface area contributed by atoms with E-state index < -0.39 is 0 Å². The van der Waals surface area contributed by atoms with Gasteiger partial charge in [-0.3, -0.25) is 0 Å². The van der Waals surface area contributed by atoms with E-state index >= 15 is 0 Å². The lowest BCUT2D eigenvalue weighted by Crippen LogP contribution is -2.52. The van der Waals surface area contributed by atoms with Crippen molar-refractivity contribution in [2.75, 3.05) is 6.54 Å². The first-order valence-corrected chi connectivity index (χ1v) is 5.36. The summed E-state index contributed by atoms with van der Waals surface area (Å²) in [5, 5.41) is 0. The van der Waals surface area contributed by atoms with Crippen molar-refractivity contribution in [3.63, 3.8) is 0 Å². The smallest absolute Gasteiger partial charge is 0.00745 e. The Bertz CT molecular complexity index is 170. The molecule has 3 unspecified atom stereocenters. The number of rotatable bonds is 2. The molecule has 3 aliphatic rings. The summed E-state index contributed by atoms with van der Waals surface area (Å²) in [5.41, 5.74) is 6.28. The van der Waals surface area contributed by atoms with Gasteiger partial charge < -0.3 is 5.73 Å². The Labute approximate surface area is 75.7 Å². The van der Waals surface area contributed by atoms with Gasteiger partial charge in [-0.25, -0.2) is 0 Å². The van der Waals surface area contributed by atoms with E-state index in [0.717, 1.165) is 24.3 Å². The van der Waals surface area contributed by atoms with E-state index in [1.165, 1.54) is 25.7 Å². The molecule has 3 fully saturated rings. The van der Waals surface area contributed by atoms with Gasteiger partial charge in [0.05, 0.1) is 0 Å². The molecule has 0 heterocycles. The molecule has 3 atom stereocenters. The average molecular weight is 167 g/mol. The third kappa shape index (κ3) is 1.02. The van der Waals surface area contributed by atoms with E-state index in [4.69, 9.17) is 5.73 Å². The van der Waals surface area contributed by atoms with Gasteiger partial charge >= 0.3 is 0 Å². The van der Waals surface area contributed by atoms with Crippen molar-refractivity contribution in [1.29, 1.82) is 0 Å². The van der Waals surface area contributed by atoms with Crippen LogP contribution in [0.3, 0.4) is 0 Å². The second-order valence-corrected chi connectivity index (χ2v) is 5.28. The van der Waals surface area contributed by atoms with Crippen LogP contribution in [0, 0.1) is 23.2 Å². The van der Waals surface area contributed by atoms with Crippen LogP contribution in [0.15, 0.2) is 0 Å². The normalized spacial score (nSPS) is 43.8. The molecule has 0 aromatic carbocycles. The molecule has 0 aromatic rings. The van der Waals surface area contributed by atoms with Crippen LogP contribution in [-0.2, 0) is 0 Å². The highest BCUT2D eigenvalue weighted by atomic mass is 14.6. The lowest BCUT2D eigenvalue weighted by Gasteiger charge is -2.60. The van der Waals surface area contributed by atoms with Gasteiger partial charge in [0.2, 0.25) is 0 Å². The zero-order chi connectivity index (χ0) is 8.77. The third-order valence-electron chi connectivity index (χ3n) is 4.54. The summed E-state index contributed by atoms with van der Waals surface area (Å²) >= 11 is 0. The summed E-state index contributed by atoms with van der Waals surface area (Å²) in [7, 11) is 0. The Hall–Kier alpha value is -0.0400. The molecule has 3 saturated carbocycles. The first kappa shape index (κ1) is 8.55. The lowest BCUT2D eigenvalue weighted by molar-refractivity contribution is -0.106. The predicted octanol–water partition coefficient (Wildman–Crippen LogP) is 2.41. The quantitative estimate of drug-likeness (QED) is 0.671. The maximum absolute atomic E-state index is 5.63. The van der Waals surface area contributed by atoms with E-state index in [9.17, 15) is 0 Å². The van der Waals surface area contributed by atoms with Gasteiger partial charge in [0.25, 0.3) is 0 Å². The second-order valence-electron chi connectivity index (χ2n) is 5.28. The Kier molecular flexibility index (Phi) is 1.95. The number of nitrogens with two attached hydrogens (primary N) is 1. The van der Waals surface area contributed by atoms with Gasteiger partial charge in [-0.2, -0.15) is 0 Å². The minimum absolute atomic E-state index is 0.651. The minimum atomic E-state index is 0.651. The SMILES string of the molecule is CC1(C)C2CCC(CCN)C1C2. The van der Waals surface area contributed by atoms with E-state index in [1.54, 1.807) is 0 Å². The first-order chi connectivity index (χ1) is 5.66. The summed E-state index contributed by atoms with van der Waals surface area (Å²) < 4.78 is 0. The average Bonchev–Trinajstić information content (AvgIpc) is 2.05. The van der Waals surface area contributed by atoms with Crippen LogP contribution in [0.2, 0.25) is 0 Å². The molecule has 3 aliphatic carbocycles. The molecule has 0 radical (unpaired) electrons. The van der Waals surface area contributed by atoms with Gasteiger partial charge in [0.15, 0.2) is 0 Å². The summed E-state index contributed by atoms with van der Waals surface area (Å²) in [5.74, 6) is 2.99. The third-order valence-corrected chi connectivity index (χ3v) is 4.54. The van der Waals surface area contributed by atoms with E-state index in [0.29, 0.717) is 5.41 Å². The molecule has 12 heavy (non-hydrogen) atoms. The van der Waals surface area contributed by atoms with Crippen molar-refractivity contribution >= 4 is 0 Å². The Morgan fingerprint density at radius 1 is 1.33 bits per heavy atom. The number of hydrogen-bond donors (Lipinski definition) is 1. The molecule has 2 bridgehead atoms. The zero-order valence-electron chi connectivity index (χ0n) is 8.34. The fourth-order valence-corrected chi connectivity index (χ4v) is 3.52. The van der Waals surface area contributed by atoms with Crippen molar-refractivity contribution in [1.82, 2.24) is 0 Å². The van der Waals surface area contributed by atoms with E-state index in [-0.39, 0.29) is 0 Å². The highest BCUT2D eigenvalue weighted by Crippen LogP contribution is 2.61. The molecule has 0 aliphatic heterocycles. The van der Waals surface area contributed by atoms with Crippen LogP contribution in [-0.4, -0.2) is 6.54 Å². The summed E-state index contributed by atoms with van der Waals surface area (Å²) in [6, 6.07) is 0. The van der Waals surface area contributed by atoms with Gasteiger partial charge in [0, 0.05) is 0 Å². The highest BCUT2D eigenvalue weighted by Gasteiger charge is 2.53. The number of hydrogen-bond acceptors (Lipinski definition) is 1. The predicted molar refractivity (Wildman–Crippen MR) is 51.8 cm³/mol. The van der Waals surface area contributed by atoms with Gasteiger partial charge in [-0.05, 0) is 55.4 Å². The second kappa shape index (κ2) is 2.73. The molecular formula is C11H21N. The molecule has 0 saturated heterocycles. The first-order valence-electron chi connectivity index (χ1n) is 5.36. The van der Waals surface area contributed by atoms with Crippen LogP contribution in [0.1, 0.15) is 39.5 Å². The summed E-state index contributed by atoms with van der Waals surface area (Å²) in [4.78, 5) is 0. The van der Waals surface area contributed by atoms with Crippen molar-refractivity contribution in [3.05, 3.63) is 0 Å². The Morgan fingerprint density at radius 2 is 2.08 bits per heavy atom. The molecule has 2 N–H and O–H groups in total. The Morgan fingerprint density at radius 3 is 2.58 bits per heavy atom. The van der Waals surface area contributed by atoms with Gasteiger partial charge in [-0.15, -0.1) is 0 Å². The van der Waals surface area contributed by atoms with Crippen molar-refractivity contribution in [2.45, 2.75) is 39.5 Å². The molecule has 0 aromatic heterocycles. The molecular weight excluding hydrogens is 146 g/mol. The maximum Gasteiger partial charge on any atom is -0.00745 e. The van der Waals surface area contributed by atoms with E-state index in [2.05, 4.69) is 13.8 Å². The lowest BCUT2D eigenvalue weighted by atomic mass is 9.45. The fraction of sp³-hybridized carbons (Fsp3) is 1.00. The van der Waals surface area contributed by atoms with Crippen LogP contribution in [0.25, 0.3) is 0 Å². The summed E-state index contributed by atoms with van der Waals surface area (Å²) in [6.45, 7) is 5.80. The topological polar surface area (TPSA) is 26.0 Å². The van der Waals surface area contributed by atoms with Crippen LogP contribution in [0.5, 0.6) is 0 Å². The van der Waals surface area contributed by atoms with Crippen molar-refractivity contribution in [3.8, 4) is 0 Å². The molecule has 3 rings (SSSR count). The summed E-state index contributed by atoms with van der Waals surface area (Å²) in [6.07, 6.45) is 5.68. The van der Waals surface area contributed by atoms with Crippen LogP contribution in [0.4, 0.5) is 0 Å². The zero-order valence-corrected chi connectivity index (χ0v) is 8.34. The fourth-order valence-electron chi connectivity index (χ4n) is 3.52. The van der Waals surface area contributed by atoms with Gasteiger partial charge in [0.1, 0.15) is 0 Å². The van der Waals surface area contributed by atoms with E-state index in [1.807, 2.05) is 0 Å².